The molecule has 0 aromatic carbocycles. The van der Waals surface area contributed by atoms with Gasteiger partial charge in [0.2, 0.25) is 0 Å². The fourth-order valence-corrected chi connectivity index (χ4v) is 1.27. The monoisotopic (exact) mass is 206 g/mol. The van der Waals surface area contributed by atoms with E-state index in [-0.39, 0.29) is 5.78 Å². The van der Waals surface area contributed by atoms with Crippen LogP contribution in [-0.2, 0) is 13.6 Å². The van der Waals surface area contributed by atoms with Crippen molar-refractivity contribution in [1.82, 2.24) is 30.0 Å². The van der Waals surface area contributed by atoms with Crippen molar-refractivity contribution in [2.75, 3.05) is 0 Å². The van der Waals surface area contributed by atoms with Crippen molar-refractivity contribution in [3.8, 4) is 0 Å². The van der Waals surface area contributed by atoms with Gasteiger partial charge in [-0.3, -0.25) is 9.48 Å². The molecule has 0 atom stereocenters. The lowest BCUT2D eigenvalue weighted by atomic mass is 10.3. The lowest BCUT2D eigenvalue weighted by Gasteiger charge is -1.99. The highest BCUT2D eigenvalue weighted by atomic mass is 16.1. The van der Waals surface area contributed by atoms with Gasteiger partial charge < -0.3 is 0 Å². The fraction of sp³-hybridized carbons (Fsp3) is 0.375. The lowest BCUT2D eigenvalue weighted by molar-refractivity contribution is 0.100. The summed E-state index contributed by atoms with van der Waals surface area (Å²) in [6.45, 7) is 1.88. The van der Waals surface area contributed by atoms with Crippen molar-refractivity contribution < 1.29 is 4.79 Å². The molecule has 0 saturated carbocycles. The molecule has 0 amide bonds. The maximum atomic E-state index is 11.2. The Bertz CT molecular complexity index is 485. The molecule has 0 bridgehead atoms. The van der Waals surface area contributed by atoms with Gasteiger partial charge in [-0.1, -0.05) is 10.4 Å². The molecule has 0 aliphatic carbocycles. The molecule has 0 aliphatic rings. The molecular formula is C8H10N6O. The Hall–Kier alpha value is -2.05. The molecule has 0 fully saturated rings. The van der Waals surface area contributed by atoms with E-state index in [1.165, 1.54) is 17.8 Å². The average molecular weight is 206 g/mol. The van der Waals surface area contributed by atoms with Gasteiger partial charge in [0.25, 0.3) is 0 Å². The molecule has 7 nitrogen and oxygen atoms in total. The van der Waals surface area contributed by atoms with Gasteiger partial charge in [0.15, 0.2) is 5.78 Å². The third-order valence-electron chi connectivity index (χ3n) is 1.94. The van der Waals surface area contributed by atoms with Crippen LogP contribution >= 0.6 is 0 Å². The van der Waals surface area contributed by atoms with E-state index in [9.17, 15) is 4.79 Å². The van der Waals surface area contributed by atoms with Crippen LogP contribution in [0.3, 0.4) is 0 Å². The van der Waals surface area contributed by atoms with Crippen LogP contribution in [0.5, 0.6) is 0 Å². The molecule has 2 aromatic heterocycles. The van der Waals surface area contributed by atoms with Crippen LogP contribution in [0, 0.1) is 0 Å². The summed E-state index contributed by atoms with van der Waals surface area (Å²) >= 11 is 0. The largest absolute Gasteiger partial charge is 0.293 e. The molecule has 2 aromatic rings. The third-order valence-corrected chi connectivity index (χ3v) is 1.94. The van der Waals surface area contributed by atoms with Crippen LogP contribution in [-0.4, -0.2) is 35.8 Å². The fourth-order valence-electron chi connectivity index (χ4n) is 1.27. The molecule has 2 rings (SSSR count). The minimum atomic E-state index is -0.0658. The number of rotatable bonds is 3. The number of aromatic nitrogens is 6. The summed E-state index contributed by atoms with van der Waals surface area (Å²) in [6, 6.07) is 0. The highest BCUT2D eigenvalue weighted by molar-refractivity contribution is 5.91. The quantitative estimate of drug-likeness (QED) is 0.642. The first-order chi connectivity index (χ1) is 7.16. The molecular weight excluding hydrogens is 196 g/mol. The van der Waals surface area contributed by atoms with Gasteiger partial charge in [-0.15, -0.1) is 10.2 Å². The standard InChI is InChI=1S/C8H10N6O/c1-6(15)8-3-9-11-14(8)5-7-4-13(2)12-10-7/h3-4H,5H2,1-2H3. The second kappa shape index (κ2) is 3.60. The number of hydrogen-bond acceptors (Lipinski definition) is 5. The molecule has 0 aliphatic heterocycles. The van der Waals surface area contributed by atoms with Crippen LogP contribution in [0.1, 0.15) is 23.1 Å². The van der Waals surface area contributed by atoms with Crippen molar-refractivity contribution in [3.63, 3.8) is 0 Å². The number of hydrogen-bond donors (Lipinski definition) is 0. The van der Waals surface area contributed by atoms with Crippen LogP contribution in [0.15, 0.2) is 12.4 Å². The van der Waals surface area contributed by atoms with E-state index in [4.69, 9.17) is 0 Å². The SMILES string of the molecule is CC(=O)c1cnnn1Cc1cn(C)nn1. The number of carbonyl (C=O) groups excluding carboxylic acids is 1. The maximum Gasteiger partial charge on any atom is 0.179 e. The van der Waals surface area contributed by atoms with E-state index in [1.54, 1.807) is 17.9 Å². The Balaban J connectivity index is 2.24. The van der Waals surface area contributed by atoms with Gasteiger partial charge in [-0.05, 0) is 0 Å². The summed E-state index contributed by atoms with van der Waals surface area (Å²) in [7, 11) is 1.78. The Labute approximate surface area is 85.7 Å². The lowest BCUT2D eigenvalue weighted by Crippen LogP contribution is -2.09. The average Bonchev–Trinajstić information content (AvgIpc) is 2.75. The summed E-state index contributed by atoms with van der Waals surface area (Å²) in [4.78, 5) is 11.2. The first-order valence-corrected chi connectivity index (χ1v) is 4.41. The molecule has 7 heteroatoms. The zero-order valence-electron chi connectivity index (χ0n) is 8.45. The zero-order chi connectivity index (χ0) is 10.8. The van der Waals surface area contributed by atoms with Crippen molar-refractivity contribution in [3.05, 3.63) is 23.8 Å². The molecule has 0 unspecified atom stereocenters. The van der Waals surface area contributed by atoms with E-state index in [0.717, 1.165) is 5.69 Å². The van der Waals surface area contributed by atoms with Crippen LogP contribution in [0.25, 0.3) is 0 Å². The Morgan fingerprint density at radius 3 is 2.87 bits per heavy atom. The summed E-state index contributed by atoms with van der Waals surface area (Å²) in [6.07, 6.45) is 3.21. The van der Waals surface area contributed by atoms with E-state index in [2.05, 4.69) is 20.6 Å². The van der Waals surface area contributed by atoms with Crippen LogP contribution in [0.4, 0.5) is 0 Å². The maximum absolute atomic E-state index is 11.2. The molecule has 0 N–H and O–H groups in total. The van der Waals surface area contributed by atoms with E-state index >= 15 is 0 Å². The Morgan fingerprint density at radius 2 is 2.27 bits per heavy atom. The smallest absolute Gasteiger partial charge is 0.179 e. The van der Waals surface area contributed by atoms with E-state index in [0.29, 0.717) is 12.2 Å². The second-order valence-electron chi connectivity index (χ2n) is 3.22. The minimum Gasteiger partial charge on any atom is -0.293 e. The van der Waals surface area contributed by atoms with Crippen molar-refractivity contribution >= 4 is 5.78 Å². The molecule has 0 spiro atoms. The van der Waals surface area contributed by atoms with Crippen molar-refractivity contribution in [1.29, 1.82) is 0 Å². The summed E-state index contributed by atoms with van der Waals surface area (Å²) < 4.78 is 3.10. The Morgan fingerprint density at radius 1 is 1.47 bits per heavy atom. The predicted molar refractivity (Wildman–Crippen MR) is 50.1 cm³/mol. The van der Waals surface area contributed by atoms with Crippen LogP contribution < -0.4 is 0 Å². The number of carbonyl (C=O) groups is 1. The van der Waals surface area contributed by atoms with Crippen molar-refractivity contribution in [2.24, 2.45) is 7.05 Å². The van der Waals surface area contributed by atoms with Crippen molar-refractivity contribution in [2.45, 2.75) is 13.5 Å². The second-order valence-corrected chi connectivity index (χ2v) is 3.22. The molecule has 0 radical (unpaired) electrons. The van der Waals surface area contributed by atoms with Gasteiger partial charge in [0, 0.05) is 14.0 Å². The zero-order valence-corrected chi connectivity index (χ0v) is 8.45. The normalized spacial score (nSPS) is 10.5. The number of nitrogens with zero attached hydrogens (tertiary/aromatic N) is 6. The van der Waals surface area contributed by atoms with Crippen LogP contribution in [0.2, 0.25) is 0 Å². The Kier molecular flexibility index (Phi) is 2.28. The topological polar surface area (TPSA) is 78.5 Å². The van der Waals surface area contributed by atoms with Gasteiger partial charge in [0.05, 0.1) is 18.9 Å². The summed E-state index contributed by atoms with van der Waals surface area (Å²) in [5.41, 5.74) is 1.21. The highest BCUT2D eigenvalue weighted by Crippen LogP contribution is 2.01. The van der Waals surface area contributed by atoms with Gasteiger partial charge in [-0.25, -0.2) is 4.68 Å². The minimum absolute atomic E-state index is 0.0658. The van der Waals surface area contributed by atoms with E-state index in [1.807, 2.05) is 0 Å². The third kappa shape index (κ3) is 1.90. The summed E-state index contributed by atoms with van der Waals surface area (Å²) in [5, 5.41) is 15.2. The molecule has 0 saturated heterocycles. The van der Waals surface area contributed by atoms with Gasteiger partial charge in [-0.2, -0.15) is 0 Å². The highest BCUT2D eigenvalue weighted by Gasteiger charge is 2.10. The summed E-state index contributed by atoms with van der Waals surface area (Å²) in [5.74, 6) is -0.0658. The number of ketones is 1. The van der Waals surface area contributed by atoms with Gasteiger partial charge >= 0.3 is 0 Å². The number of aryl methyl sites for hydroxylation is 1. The molecule has 78 valence electrons. The molecule has 15 heavy (non-hydrogen) atoms. The van der Waals surface area contributed by atoms with E-state index < -0.39 is 0 Å². The number of Topliss-reactive ketones (excluding diaryl/α,β-unsaturated/α-hetero) is 1. The van der Waals surface area contributed by atoms with Gasteiger partial charge in [0.1, 0.15) is 11.4 Å². The predicted octanol–water partition coefficient (Wildman–Crippen LogP) is -0.343. The molecule has 2 heterocycles. The first kappa shape index (κ1) is 9.50. The first-order valence-electron chi connectivity index (χ1n) is 4.41.